The average Bonchev–Trinajstić information content (AvgIpc) is 2.32. The summed E-state index contributed by atoms with van der Waals surface area (Å²) in [4.78, 5) is 0.00762. The Morgan fingerprint density at radius 3 is 2.33 bits per heavy atom. The summed E-state index contributed by atoms with van der Waals surface area (Å²) in [6, 6.07) is 9.87. The first-order valence-electron chi connectivity index (χ1n) is 5.24. The maximum Gasteiger partial charge on any atom is 0.142 e. The summed E-state index contributed by atoms with van der Waals surface area (Å²) >= 11 is 0. The summed E-state index contributed by atoms with van der Waals surface area (Å²) in [6.45, 7) is 0. The van der Waals surface area contributed by atoms with Crippen LogP contribution in [0.25, 0.3) is 0 Å². The van der Waals surface area contributed by atoms with Crippen LogP contribution in [-0.2, 0) is 16.6 Å². The zero-order valence-electron chi connectivity index (χ0n) is 9.40. The van der Waals surface area contributed by atoms with E-state index in [0.29, 0.717) is 5.69 Å². The summed E-state index contributed by atoms with van der Waals surface area (Å²) in [5.41, 5.74) is 6.92. The molecule has 94 valence electrons. The molecule has 1 unspecified atom stereocenters. The van der Waals surface area contributed by atoms with E-state index in [4.69, 9.17) is 5.73 Å². The second-order valence-electron chi connectivity index (χ2n) is 3.81. The molecule has 0 spiro atoms. The molecule has 0 saturated heterocycles. The van der Waals surface area contributed by atoms with Crippen molar-refractivity contribution in [1.29, 1.82) is 0 Å². The number of benzene rings is 2. The zero-order chi connectivity index (χ0) is 13.1. The van der Waals surface area contributed by atoms with Gasteiger partial charge in [0.25, 0.3) is 0 Å². The number of hydrogen-bond acceptors (Lipinski definition) is 2. The Hall–Kier alpha value is -1.75. The molecule has 0 fully saturated rings. The van der Waals surface area contributed by atoms with Crippen molar-refractivity contribution in [2.24, 2.45) is 0 Å². The second kappa shape index (κ2) is 5.27. The van der Waals surface area contributed by atoms with Crippen molar-refractivity contribution in [3.63, 3.8) is 0 Å². The third-order valence-corrected chi connectivity index (χ3v) is 3.83. The van der Waals surface area contributed by atoms with Crippen LogP contribution in [0.3, 0.4) is 0 Å². The molecule has 2 N–H and O–H groups in total. The van der Waals surface area contributed by atoms with E-state index in [-0.39, 0.29) is 10.6 Å². The Labute approximate surface area is 106 Å². The van der Waals surface area contributed by atoms with Gasteiger partial charge >= 0.3 is 0 Å². The Morgan fingerprint density at radius 2 is 1.72 bits per heavy atom. The average molecular weight is 267 g/mol. The maximum atomic E-state index is 13.4. The number of anilines is 1. The fraction of sp³-hybridized carbons (Fsp3) is 0.0769. The predicted octanol–water partition coefficient (Wildman–Crippen LogP) is 2.85. The number of nitrogens with two attached hydrogens (primary N) is 1. The first kappa shape index (κ1) is 12.7. The molecule has 2 rings (SSSR count). The van der Waals surface area contributed by atoms with Gasteiger partial charge in [0.2, 0.25) is 0 Å². The number of nitrogen functional groups attached to an aromatic ring is 1. The lowest BCUT2D eigenvalue weighted by Crippen LogP contribution is -2.00. The Morgan fingerprint density at radius 1 is 1.06 bits per heavy atom. The van der Waals surface area contributed by atoms with E-state index in [1.165, 1.54) is 6.07 Å². The minimum atomic E-state index is -1.54. The molecular formula is C13H11F2NOS. The van der Waals surface area contributed by atoms with E-state index >= 15 is 0 Å². The molecule has 2 nitrogen and oxygen atoms in total. The van der Waals surface area contributed by atoms with Gasteiger partial charge in [-0.25, -0.2) is 8.78 Å². The van der Waals surface area contributed by atoms with Crippen LogP contribution < -0.4 is 5.73 Å². The highest BCUT2D eigenvalue weighted by atomic mass is 32.2. The van der Waals surface area contributed by atoms with Gasteiger partial charge in [-0.15, -0.1) is 0 Å². The highest BCUT2D eigenvalue weighted by Crippen LogP contribution is 2.17. The molecule has 2 aromatic rings. The van der Waals surface area contributed by atoms with Crippen molar-refractivity contribution < 1.29 is 13.0 Å². The Bertz CT molecular complexity index is 584. The molecule has 0 heterocycles. The van der Waals surface area contributed by atoms with Crippen LogP contribution in [0.1, 0.15) is 5.56 Å². The molecule has 5 heteroatoms. The topological polar surface area (TPSA) is 43.1 Å². The lowest BCUT2D eigenvalue weighted by molar-refractivity contribution is 0.562. The van der Waals surface area contributed by atoms with Crippen LogP contribution in [-0.4, -0.2) is 4.21 Å². The molecule has 1 atom stereocenters. The molecule has 0 aliphatic carbocycles. The molecule has 0 saturated carbocycles. The van der Waals surface area contributed by atoms with Gasteiger partial charge in [-0.3, -0.25) is 4.21 Å². The van der Waals surface area contributed by atoms with E-state index in [1.807, 2.05) is 0 Å². The van der Waals surface area contributed by atoms with Crippen molar-refractivity contribution in [1.82, 2.24) is 0 Å². The summed E-state index contributed by atoms with van der Waals surface area (Å²) in [5.74, 6) is -1.30. The van der Waals surface area contributed by atoms with Crippen LogP contribution in [0.4, 0.5) is 14.5 Å². The van der Waals surface area contributed by atoms with Crippen molar-refractivity contribution in [3.05, 3.63) is 59.7 Å². The fourth-order valence-corrected chi connectivity index (χ4v) is 2.65. The quantitative estimate of drug-likeness (QED) is 0.869. The van der Waals surface area contributed by atoms with Crippen LogP contribution >= 0.6 is 0 Å². The van der Waals surface area contributed by atoms with Crippen molar-refractivity contribution in [3.8, 4) is 0 Å². The van der Waals surface area contributed by atoms with Crippen LogP contribution in [0.5, 0.6) is 0 Å². The normalized spacial score (nSPS) is 12.3. The van der Waals surface area contributed by atoms with Gasteiger partial charge in [-0.2, -0.15) is 0 Å². The standard InChI is InChI=1S/C13H11F2NOS/c14-10-3-6-13(12(15)7-10)18(17)8-9-1-4-11(16)5-2-9/h1-7H,8,16H2. The van der Waals surface area contributed by atoms with Gasteiger partial charge in [0.05, 0.1) is 21.4 Å². The number of rotatable bonds is 3. The summed E-state index contributed by atoms with van der Waals surface area (Å²) < 4.78 is 38.1. The van der Waals surface area contributed by atoms with Gasteiger partial charge in [0.15, 0.2) is 0 Å². The highest BCUT2D eigenvalue weighted by molar-refractivity contribution is 7.84. The van der Waals surface area contributed by atoms with Crippen molar-refractivity contribution in [2.75, 3.05) is 5.73 Å². The van der Waals surface area contributed by atoms with Crippen LogP contribution in [0.2, 0.25) is 0 Å². The maximum absolute atomic E-state index is 13.4. The Balaban J connectivity index is 2.19. The molecular weight excluding hydrogens is 256 g/mol. The van der Waals surface area contributed by atoms with Gasteiger partial charge in [0, 0.05) is 11.8 Å². The van der Waals surface area contributed by atoms with Gasteiger partial charge in [0.1, 0.15) is 11.6 Å². The lowest BCUT2D eigenvalue weighted by Gasteiger charge is -2.04. The minimum absolute atomic E-state index is 0.00762. The number of hydrogen-bond donors (Lipinski definition) is 1. The van der Waals surface area contributed by atoms with Crippen LogP contribution in [0, 0.1) is 11.6 Å². The molecule has 0 aliphatic heterocycles. The van der Waals surface area contributed by atoms with Crippen LogP contribution in [0.15, 0.2) is 47.4 Å². The summed E-state index contributed by atoms with van der Waals surface area (Å²) in [5, 5.41) is 0. The van der Waals surface area contributed by atoms with E-state index in [9.17, 15) is 13.0 Å². The van der Waals surface area contributed by atoms with E-state index in [1.54, 1.807) is 24.3 Å². The molecule has 0 amide bonds. The third-order valence-electron chi connectivity index (χ3n) is 2.42. The predicted molar refractivity (Wildman–Crippen MR) is 67.3 cm³/mol. The highest BCUT2D eigenvalue weighted by Gasteiger charge is 2.11. The first-order chi connectivity index (χ1) is 8.56. The molecule has 0 aromatic heterocycles. The largest absolute Gasteiger partial charge is 0.399 e. The third kappa shape index (κ3) is 2.92. The lowest BCUT2D eigenvalue weighted by atomic mass is 10.2. The summed E-state index contributed by atoms with van der Waals surface area (Å²) in [7, 11) is -1.54. The van der Waals surface area contributed by atoms with Gasteiger partial charge < -0.3 is 5.73 Å². The van der Waals surface area contributed by atoms with E-state index in [0.717, 1.165) is 17.7 Å². The minimum Gasteiger partial charge on any atom is -0.399 e. The van der Waals surface area contributed by atoms with Crippen molar-refractivity contribution >= 4 is 16.5 Å². The smallest absolute Gasteiger partial charge is 0.142 e. The zero-order valence-corrected chi connectivity index (χ0v) is 10.2. The fourth-order valence-electron chi connectivity index (χ4n) is 1.50. The molecule has 0 bridgehead atoms. The molecule has 0 radical (unpaired) electrons. The van der Waals surface area contributed by atoms with Gasteiger partial charge in [-0.1, -0.05) is 12.1 Å². The monoisotopic (exact) mass is 267 g/mol. The molecule has 0 aliphatic rings. The first-order valence-corrected chi connectivity index (χ1v) is 6.56. The molecule has 18 heavy (non-hydrogen) atoms. The second-order valence-corrected chi connectivity index (χ2v) is 5.23. The summed E-state index contributed by atoms with van der Waals surface area (Å²) in [6.07, 6.45) is 0. The molecule has 2 aromatic carbocycles. The van der Waals surface area contributed by atoms with E-state index in [2.05, 4.69) is 0 Å². The number of halogens is 2. The van der Waals surface area contributed by atoms with Gasteiger partial charge in [-0.05, 0) is 29.8 Å². The Kier molecular flexibility index (Phi) is 3.72. The SMILES string of the molecule is Nc1ccc(CS(=O)c2ccc(F)cc2F)cc1. The van der Waals surface area contributed by atoms with Crippen molar-refractivity contribution in [2.45, 2.75) is 10.6 Å². The van der Waals surface area contributed by atoms with E-state index < -0.39 is 22.4 Å².